The number of nitrogens with one attached hydrogen (secondary N) is 1. The summed E-state index contributed by atoms with van der Waals surface area (Å²) in [5.41, 5.74) is -1.23. The van der Waals surface area contributed by atoms with Crippen LogP contribution in [-0.2, 0) is 9.53 Å². The number of carboxylic acid groups (broad SMARTS) is 1. The first-order valence-electron chi connectivity index (χ1n) is 7.00. The first kappa shape index (κ1) is 15.6. The van der Waals surface area contributed by atoms with Gasteiger partial charge in [-0.15, -0.1) is 0 Å². The van der Waals surface area contributed by atoms with Gasteiger partial charge in [0.05, 0.1) is 12.0 Å². The van der Waals surface area contributed by atoms with Gasteiger partial charge in [-0.1, -0.05) is 0 Å². The third kappa shape index (κ3) is 3.44. The van der Waals surface area contributed by atoms with Crippen LogP contribution in [0.15, 0.2) is 0 Å². The predicted molar refractivity (Wildman–Crippen MR) is 65.4 cm³/mol. The molecule has 1 saturated heterocycles. The Bertz CT molecular complexity index is 345. The normalized spacial score (nSPS) is 35.1. The Labute approximate surface area is 115 Å². The fourth-order valence-corrected chi connectivity index (χ4v) is 3.02. The zero-order valence-corrected chi connectivity index (χ0v) is 11.2. The van der Waals surface area contributed by atoms with E-state index in [1.807, 2.05) is 0 Å². The first-order chi connectivity index (χ1) is 9.33. The van der Waals surface area contributed by atoms with Gasteiger partial charge in [0.2, 0.25) is 0 Å². The molecule has 0 aromatic rings. The number of rotatable bonds is 4. The Kier molecular flexibility index (Phi) is 4.59. The molecule has 116 valence electrons. The van der Waals surface area contributed by atoms with Crippen LogP contribution in [-0.4, -0.2) is 42.0 Å². The van der Waals surface area contributed by atoms with Crippen molar-refractivity contribution in [2.45, 2.75) is 56.3 Å². The summed E-state index contributed by atoms with van der Waals surface area (Å²) in [6.45, 7) is 1.06. The molecule has 0 radical (unpaired) electrons. The van der Waals surface area contributed by atoms with Crippen LogP contribution in [0.3, 0.4) is 0 Å². The van der Waals surface area contributed by atoms with Gasteiger partial charge >= 0.3 is 12.1 Å². The van der Waals surface area contributed by atoms with E-state index in [4.69, 9.17) is 4.74 Å². The number of carbonyl (C=O) groups is 1. The van der Waals surface area contributed by atoms with Crippen molar-refractivity contribution in [3.8, 4) is 0 Å². The van der Waals surface area contributed by atoms with Gasteiger partial charge in [-0.3, -0.25) is 10.1 Å². The van der Waals surface area contributed by atoms with Crippen LogP contribution in [0.25, 0.3) is 0 Å². The highest BCUT2D eigenvalue weighted by atomic mass is 19.4. The minimum absolute atomic E-state index is 0.0131. The van der Waals surface area contributed by atoms with Crippen molar-refractivity contribution in [1.82, 2.24) is 5.32 Å². The molecule has 1 aliphatic carbocycles. The molecule has 1 aliphatic heterocycles. The lowest BCUT2D eigenvalue weighted by atomic mass is 9.76. The number of alkyl halides is 3. The summed E-state index contributed by atoms with van der Waals surface area (Å²) in [5.74, 6) is -2.43. The van der Waals surface area contributed by atoms with Crippen LogP contribution in [0.2, 0.25) is 0 Å². The Morgan fingerprint density at radius 2 is 1.95 bits per heavy atom. The summed E-state index contributed by atoms with van der Waals surface area (Å²) < 4.78 is 43.3. The number of hydrogen-bond acceptors (Lipinski definition) is 3. The van der Waals surface area contributed by atoms with Crippen molar-refractivity contribution in [3.05, 3.63) is 0 Å². The van der Waals surface area contributed by atoms with E-state index in [0.29, 0.717) is 13.2 Å². The molecule has 2 fully saturated rings. The average Bonchev–Trinajstić information content (AvgIpc) is 2.88. The summed E-state index contributed by atoms with van der Waals surface area (Å²) in [6.07, 6.45) is -2.66. The number of halogens is 3. The van der Waals surface area contributed by atoms with Crippen LogP contribution >= 0.6 is 0 Å². The largest absolute Gasteiger partial charge is 0.480 e. The van der Waals surface area contributed by atoms with Gasteiger partial charge in [0, 0.05) is 13.2 Å². The molecule has 4 nitrogen and oxygen atoms in total. The lowest BCUT2D eigenvalue weighted by molar-refractivity contribution is -0.188. The number of aliphatic carboxylic acids is 1. The summed E-state index contributed by atoms with van der Waals surface area (Å²) in [5, 5.41) is 12.3. The van der Waals surface area contributed by atoms with E-state index in [1.54, 1.807) is 0 Å². The topological polar surface area (TPSA) is 58.6 Å². The third-order valence-corrected chi connectivity index (χ3v) is 4.40. The molecule has 20 heavy (non-hydrogen) atoms. The van der Waals surface area contributed by atoms with Crippen LogP contribution in [0, 0.1) is 5.92 Å². The zero-order chi connectivity index (χ0) is 14.8. The van der Waals surface area contributed by atoms with Crippen molar-refractivity contribution < 1.29 is 27.8 Å². The summed E-state index contributed by atoms with van der Waals surface area (Å²) in [7, 11) is 0. The molecule has 2 aliphatic rings. The van der Waals surface area contributed by atoms with E-state index in [9.17, 15) is 23.1 Å². The van der Waals surface area contributed by atoms with Gasteiger partial charge in [0.1, 0.15) is 5.54 Å². The fourth-order valence-electron chi connectivity index (χ4n) is 3.02. The van der Waals surface area contributed by atoms with Gasteiger partial charge in [0.25, 0.3) is 0 Å². The fraction of sp³-hybridized carbons (Fsp3) is 0.923. The third-order valence-electron chi connectivity index (χ3n) is 4.40. The monoisotopic (exact) mass is 295 g/mol. The van der Waals surface area contributed by atoms with Crippen LogP contribution in [0.4, 0.5) is 13.2 Å². The number of hydrogen-bond donors (Lipinski definition) is 2. The van der Waals surface area contributed by atoms with E-state index >= 15 is 0 Å². The zero-order valence-electron chi connectivity index (χ0n) is 11.2. The molecule has 0 aromatic carbocycles. The Morgan fingerprint density at radius 3 is 2.40 bits per heavy atom. The SMILES string of the molecule is O=C(O)C1(NCC2CCCO2)CCC(C(F)(F)F)CC1. The maximum Gasteiger partial charge on any atom is 0.391 e. The molecule has 1 unspecified atom stereocenters. The Balaban J connectivity index is 1.92. The molecular formula is C13H20F3NO3. The minimum Gasteiger partial charge on any atom is -0.480 e. The van der Waals surface area contributed by atoms with Gasteiger partial charge in [-0.05, 0) is 38.5 Å². The highest BCUT2D eigenvalue weighted by Crippen LogP contribution is 2.41. The predicted octanol–water partition coefficient (Wildman–Crippen LogP) is 2.33. The molecule has 2 N–H and O–H groups in total. The van der Waals surface area contributed by atoms with Crippen LogP contribution in [0.1, 0.15) is 38.5 Å². The summed E-state index contributed by atoms with van der Waals surface area (Å²) >= 11 is 0. The second kappa shape index (κ2) is 5.89. The van der Waals surface area contributed by atoms with Gasteiger partial charge in [-0.25, -0.2) is 0 Å². The van der Waals surface area contributed by atoms with E-state index in [1.165, 1.54) is 0 Å². The van der Waals surface area contributed by atoms with Gasteiger partial charge in [-0.2, -0.15) is 13.2 Å². The molecule has 1 heterocycles. The Hall–Kier alpha value is -0.820. The quantitative estimate of drug-likeness (QED) is 0.836. The molecule has 0 amide bonds. The maximum absolute atomic E-state index is 12.6. The maximum atomic E-state index is 12.6. The highest BCUT2D eigenvalue weighted by molar-refractivity contribution is 5.79. The second-order valence-electron chi connectivity index (χ2n) is 5.72. The summed E-state index contributed by atoms with van der Waals surface area (Å²) in [4.78, 5) is 11.5. The lowest BCUT2D eigenvalue weighted by Crippen LogP contribution is -2.56. The molecule has 0 bridgehead atoms. The highest BCUT2D eigenvalue weighted by Gasteiger charge is 2.49. The Morgan fingerprint density at radius 1 is 1.30 bits per heavy atom. The lowest BCUT2D eigenvalue weighted by Gasteiger charge is -2.38. The van der Waals surface area contributed by atoms with Crippen molar-refractivity contribution in [2.75, 3.05) is 13.2 Å². The number of ether oxygens (including phenoxy) is 1. The molecule has 1 saturated carbocycles. The number of carboxylic acids is 1. The van der Waals surface area contributed by atoms with Crippen molar-refractivity contribution >= 4 is 5.97 Å². The van der Waals surface area contributed by atoms with E-state index in [0.717, 1.165) is 12.8 Å². The molecule has 7 heteroatoms. The van der Waals surface area contributed by atoms with Crippen molar-refractivity contribution in [1.29, 1.82) is 0 Å². The minimum atomic E-state index is -4.22. The molecule has 0 aromatic heterocycles. The van der Waals surface area contributed by atoms with Gasteiger partial charge in [0.15, 0.2) is 0 Å². The van der Waals surface area contributed by atoms with Crippen molar-refractivity contribution in [2.24, 2.45) is 5.92 Å². The van der Waals surface area contributed by atoms with E-state index < -0.39 is 23.6 Å². The van der Waals surface area contributed by atoms with Gasteiger partial charge < -0.3 is 9.84 Å². The molecule has 0 spiro atoms. The smallest absolute Gasteiger partial charge is 0.391 e. The summed E-state index contributed by atoms with van der Waals surface area (Å²) in [6, 6.07) is 0. The average molecular weight is 295 g/mol. The second-order valence-corrected chi connectivity index (χ2v) is 5.72. The molecule has 1 atom stereocenters. The van der Waals surface area contributed by atoms with E-state index in [2.05, 4.69) is 5.32 Å². The van der Waals surface area contributed by atoms with Crippen molar-refractivity contribution in [3.63, 3.8) is 0 Å². The first-order valence-corrected chi connectivity index (χ1v) is 7.00. The standard InChI is InChI=1S/C13H20F3NO3/c14-13(15,16)9-3-5-12(6-4-9,11(18)19)17-8-10-2-1-7-20-10/h9-10,17H,1-8H2,(H,18,19). The molecule has 2 rings (SSSR count). The van der Waals surface area contributed by atoms with E-state index in [-0.39, 0.29) is 31.8 Å². The molecular weight excluding hydrogens is 275 g/mol. The van der Waals surface area contributed by atoms with Crippen LogP contribution in [0.5, 0.6) is 0 Å². The van der Waals surface area contributed by atoms with Crippen LogP contribution < -0.4 is 5.32 Å².